The molecule has 0 amide bonds. The first-order chi connectivity index (χ1) is 21.9. The van der Waals surface area contributed by atoms with Gasteiger partial charge in [-0.05, 0) is 96.3 Å². The van der Waals surface area contributed by atoms with Crippen LogP contribution in [0, 0.1) is 65.1 Å². The van der Waals surface area contributed by atoms with Gasteiger partial charge in [-0.3, -0.25) is 0 Å². The Labute approximate surface area is 279 Å². The molecule has 3 saturated carbocycles. The molecule has 0 N–H and O–H groups in total. The van der Waals surface area contributed by atoms with Crippen LogP contribution in [0.4, 0.5) is 0 Å². The number of carbonyl (C=O) groups is 2. The predicted octanol–water partition coefficient (Wildman–Crippen LogP) is 9.46. The lowest BCUT2D eigenvalue weighted by Crippen LogP contribution is -2.36. The number of allylic oxidation sites excluding steroid dienone is 2. The Morgan fingerprint density at radius 1 is 0.717 bits per heavy atom. The first-order valence-electron chi connectivity index (χ1n) is 18.3. The van der Waals surface area contributed by atoms with Crippen molar-refractivity contribution in [3.63, 3.8) is 0 Å². The summed E-state index contributed by atoms with van der Waals surface area (Å²) < 4.78 is 17.4. The maximum absolute atomic E-state index is 12.3. The Kier molecular flexibility index (Phi) is 13.6. The molecule has 46 heavy (non-hydrogen) atoms. The van der Waals surface area contributed by atoms with E-state index in [2.05, 4.69) is 91.8 Å². The van der Waals surface area contributed by atoms with Gasteiger partial charge >= 0.3 is 11.9 Å². The summed E-state index contributed by atoms with van der Waals surface area (Å²) in [6.07, 6.45) is 13.6. The summed E-state index contributed by atoms with van der Waals surface area (Å²) in [6.45, 7) is 19.6. The second-order valence-electron chi connectivity index (χ2n) is 15.9. The highest BCUT2D eigenvalue weighted by Gasteiger charge is 2.47. The van der Waals surface area contributed by atoms with E-state index in [0.717, 1.165) is 68.5 Å². The number of carbonyl (C=O) groups excluding carboxylic acids is 2. The van der Waals surface area contributed by atoms with Crippen LogP contribution < -0.4 is 0 Å². The van der Waals surface area contributed by atoms with Crippen molar-refractivity contribution in [2.24, 2.45) is 65.1 Å². The van der Waals surface area contributed by atoms with Crippen LogP contribution in [0.15, 0.2) is 54.6 Å². The third-order valence-corrected chi connectivity index (χ3v) is 11.8. The number of rotatable bonds is 10. The van der Waals surface area contributed by atoms with Crippen molar-refractivity contribution in [1.29, 1.82) is 0 Å². The molecule has 0 saturated heterocycles. The molecule has 1 aromatic carbocycles. The molecule has 10 atom stereocenters. The van der Waals surface area contributed by atoms with Crippen LogP contribution >= 0.6 is 0 Å². The predicted molar refractivity (Wildman–Crippen MR) is 186 cm³/mol. The molecular weight excluding hydrogens is 572 g/mol. The van der Waals surface area contributed by atoms with Crippen molar-refractivity contribution in [1.82, 2.24) is 0 Å². The van der Waals surface area contributed by atoms with E-state index in [1.54, 1.807) is 0 Å². The molecule has 0 heterocycles. The van der Waals surface area contributed by atoms with Crippen molar-refractivity contribution in [3.8, 4) is 0 Å². The lowest BCUT2D eigenvalue weighted by Gasteiger charge is -2.36. The summed E-state index contributed by atoms with van der Waals surface area (Å²) in [5, 5.41) is 0. The summed E-state index contributed by atoms with van der Waals surface area (Å²) in [6, 6.07) is 10.5. The van der Waals surface area contributed by atoms with Gasteiger partial charge in [-0.1, -0.05) is 111 Å². The van der Waals surface area contributed by atoms with Gasteiger partial charge < -0.3 is 14.2 Å². The van der Waals surface area contributed by atoms with Crippen LogP contribution in [0.1, 0.15) is 99.5 Å². The van der Waals surface area contributed by atoms with Gasteiger partial charge in [-0.15, -0.1) is 0 Å². The molecule has 2 bridgehead atoms. The first-order valence-corrected chi connectivity index (χ1v) is 18.3. The maximum atomic E-state index is 12.3. The molecule has 5 rings (SSSR count). The zero-order valence-electron chi connectivity index (χ0n) is 29.9. The second kappa shape index (κ2) is 17.1. The van der Waals surface area contributed by atoms with Crippen molar-refractivity contribution in [2.75, 3.05) is 6.61 Å². The minimum atomic E-state index is -0.431. The average molecular weight is 635 g/mol. The minimum absolute atomic E-state index is 0.0542. The Bertz CT molecular complexity index is 1090. The Morgan fingerprint density at radius 2 is 1.17 bits per heavy atom. The molecular formula is C41H62O5. The largest absolute Gasteiger partial charge is 0.459 e. The lowest BCUT2D eigenvalue weighted by molar-refractivity contribution is -0.152. The standard InChI is InChI=1S/C24H40O4.C17H22O/c1-15(2)19-9-7-17(5)13-21(19)27-23(25)11-12-24(26)28-22-14-18(6)8-10-20(22)16(3)4;1-12-13(2)16-9-8-15(12)17(16)11-18-10-14-6-4-3-5-7-14/h11-12,15-22H,7-10,13-14H2,1-6H3;3-9,12-13,15-17H,10-11H2,1-2H3/b12-11+;/t17-,18+,19+,20-,21-,22+;12-,13-,15?,16?,17?/m.0/s1. The topological polar surface area (TPSA) is 61.8 Å². The van der Waals surface area contributed by atoms with Gasteiger partial charge in [0, 0.05) is 12.2 Å². The minimum Gasteiger partial charge on any atom is -0.459 e. The molecule has 5 nitrogen and oxygen atoms in total. The number of ether oxygens (including phenoxy) is 3. The molecule has 0 spiro atoms. The summed E-state index contributed by atoms with van der Waals surface area (Å²) in [5.41, 5.74) is 1.27. The number of hydrogen-bond acceptors (Lipinski definition) is 5. The van der Waals surface area contributed by atoms with E-state index < -0.39 is 11.9 Å². The van der Waals surface area contributed by atoms with Crippen LogP contribution in [0.3, 0.4) is 0 Å². The highest BCUT2D eigenvalue weighted by Crippen LogP contribution is 2.51. The van der Waals surface area contributed by atoms with Crippen molar-refractivity contribution >= 4 is 11.9 Å². The summed E-state index contributed by atoms with van der Waals surface area (Å²) in [4.78, 5) is 24.6. The first kappa shape index (κ1) is 36.4. The smallest absolute Gasteiger partial charge is 0.331 e. The molecule has 1 aromatic rings. The van der Waals surface area contributed by atoms with Gasteiger partial charge in [0.2, 0.25) is 0 Å². The summed E-state index contributed by atoms with van der Waals surface area (Å²) in [5.74, 6) is 5.92. The third kappa shape index (κ3) is 9.81. The van der Waals surface area contributed by atoms with Crippen molar-refractivity contribution < 1.29 is 23.8 Å². The number of esters is 2. The quantitative estimate of drug-likeness (QED) is 0.146. The molecule has 0 aliphatic heterocycles. The molecule has 2 unspecified atom stereocenters. The van der Waals surface area contributed by atoms with Crippen molar-refractivity contribution in [3.05, 3.63) is 60.2 Å². The molecule has 4 aliphatic rings. The number of benzene rings is 1. The zero-order chi connectivity index (χ0) is 33.4. The van der Waals surface area contributed by atoms with E-state index in [0.29, 0.717) is 35.5 Å². The Morgan fingerprint density at radius 3 is 1.61 bits per heavy atom. The number of fused-ring (bicyclic) bond motifs is 2. The molecule has 256 valence electrons. The summed E-state index contributed by atoms with van der Waals surface area (Å²) >= 11 is 0. The highest BCUT2D eigenvalue weighted by atomic mass is 16.5. The van der Waals surface area contributed by atoms with E-state index in [9.17, 15) is 9.59 Å². The van der Waals surface area contributed by atoms with Crippen LogP contribution in [-0.4, -0.2) is 30.8 Å². The normalized spacial score (nSPS) is 35.3. The fourth-order valence-corrected chi connectivity index (χ4v) is 8.75. The van der Waals surface area contributed by atoms with E-state index in [-0.39, 0.29) is 12.2 Å². The molecule has 0 radical (unpaired) electrons. The van der Waals surface area contributed by atoms with Gasteiger partial charge in [-0.25, -0.2) is 9.59 Å². The van der Waals surface area contributed by atoms with E-state index in [1.165, 1.54) is 30.6 Å². The lowest BCUT2D eigenvalue weighted by atomic mass is 9.75. The van der Waals surface area contributed by atoms with Crippen LogP contribution in [0.25, 0.3) is 0 Å². The van der Waals surface area contributed by atoms with E-state index in [4.69, 9.17) is 14.2 Å². The maximum Gasteiger partial charge on any atom is 0.331 e. The van der Waals surface area contributed by atoms with Gasteiger partial charge in [0.15, 0.2) is 0 Å². The Hall–Kier alpha value is -2.40. The third-order valence-electron chi connectivity index (χ3n) is 11.8. The molecule has 0 aromatic heterocycles. The monoisotopic (exact) mass is 634 g/mol. The van der Waals surface area contributed by atoms with Crippen LogP contribution in [0.2, 0.25) is 0 Å². The van der Waals surface area contributed by atoms with E-state index >= 15 is 0 Å². The SMILES string of the molecule is CC(C)[C@H]1CC[C@H](C)C[C@@H]1OC(=O)/C=C/C(=O)O[C@@H]1C[C@H](C)CC[C@H]1C(C)C.C[C@@H]1C2C=CC(C2COCc2ccccc2)[C@H]1C. The molecule has 5 heteroatoms. The van der Waals surface area contributed by atoms with Crippen LogP contribution in [-0.2, 0) is 30.4 Å². The van der Waals surface area contributed by atoms with Crippen molar-refractivity contribution in [2.45, 2.75) is 113 Å². The summed E-state index contributed by atoms with van der Waals surface area (Å²) in [7, 11) is 0. The van der Waals surface area contributed by atoms with Gasteiger partial charge in [-0.2, -0.15) is 0 Å². The van der Waals surface area contributed by atoms with Gasteiger partial charge in [0.05, 0.1) is 13.2 Å². The number of hydrogen-bond donors (Lipinski definition) is 0. The molecule has 3 fully saturated rings. The Balaban J connectivity index is 0.000000228. The van der Waals surface area contributed by atoms with Gasteiger partial charge in [0.1, 0.15) is 12.2 Å². The highest BCUT2D eigenvalue weighted by molar-refractivity contribution is 5.91. The second-order valence-corrected chi connectivity index (χ2v) is 15.9. The van der Waals surface area contributed by atoms with Crippen LogP contribution in [0.5, 0.6) is 0 Å². The fraction of sp³-hybridized carbons (Fsp3) is 0.707. The molecule has 4 aliphatic carbocycles. The van der Waals surface area contributed by atoms with E-state index in [1.807, 2.05) is 6.07 Å². The average Bonchev–Trinajstić information content (AvgIpc) is 3.52. The van der Waals surface area contributed by atoms with Gasteiger partial charge in [0.25, 0.3) is 0 Å². The fourth-order valence-electron chi connectivity index (χ4n) is 8.75. The zero-order valence-corrected chi connectivity index (χ0v) is 29.9.